The van der Waals surface area contributed by atoms with Gasteiger partial charge in [-0.15, -0.1) is 0 Å². The van der Waals surface area contributed by atoms with Crippen LogP contribution in [0.15, 0.2) is 0 Å². The molecule has 19 heavy (non-hydrogen) atoms. The Bertz CT molecular complexity index is 299. The van der Waals surface area contributed by atoms with E-state index >= 15 is 0 Å². The Morgan fingerprint density at radius 3 is 2.47 bits per heavy atom. The average Bonchev–Trinajstić information content (AvgIpc) is 2.28. The van der Waals surface area contributed by atoms with Crippen LogP contribution < -0.4 is 5.32 Å². The first-order chi connectivity index (χ1) is 8.73. The van der Waals surface area contributed by atoms with Gasteiger partial charge in [-0.05, 0) is 51.9 Å². The molecular weight excluding hydrogens is 240 g/mol. The van der Waals surface area contributed by atoms with Gasteiger partial charge in [-0.3, -0.25) is 0 Å². The number of carbonyl (C=O) groups excluding carboxylic acids is 1. The molecule has 4 nitrogen and oxygen atoms in total. The molecule has 0 saturated heterocycles. The van der Waals surface area contributed by atoms with Crippen molar-refractivity contribution in [2.24, 2.45) is 11.8 Å². The minimum absolute atomic E-state index is 0.0453. The van der Waals surface area contributed by atoms with Crippen molar-refractivity contribution in [2.45, 2.75) is 65.5 Å². The van der Waals surface area contributed by atoms with E-state index in [2.05, 4.69) is 19.2 Å². The van der Waals surface area contributed by atoms with Gasteiger partial charge in [0.25, 0.3) is 0 Å². The summed E-state index contributed by atoms with van der Waals surface area (Å²) in [5.74, 6) is 1.30. The molecular formula is C15H30N2O2. The first kappa shape index (κ1) is 16.3. The molecule has 3 unspecified atom stereocenters. The van der Waals surface area contributed by atoms with Crippen molar-refractivity contribution in [3.05, 3.63) is 0 Å². The van der Waals surface area contributed by atoms with Crippen LogP contribution in [0.1, 0.15) is 53.9 Å². The minimum atomic E-state index is -0.847. The molecule has 0 aromatic rings. The van der Waals surface area contributed by atoms with Crippen LogP contribution in [-0.2, 0) is 0 Å². The lowest BCUT2D eigenvalue weighted by Crippen LogP contribution is -2.51. The summed E-state index contributed by atoms with van der Waals surface area (Å²) in [5.41, 5.74) is -0.847. The Balaban J connectivity index is 2.52. The van der Waals surface area contributed by atoms with Crippen LogP contribution in [0.5, 0.6) is 0 Å². The zero-order chi connectivity index (χ0) is 14.6. The molecule has 1 fully saturated rings. The molecule has 3 atom stereocenters. The Kier molecular flexibility index (Phi) is 5.65. The van der Waals surface area contributed by atoms with E-state index in [0.29, 0.717) is 19.0 Å². The molecule has 0 bridgehead atoms. The first-order valence-corrected chi connectivity index (χ1v) is 7.50. The Morgan fingerprint density at radius 2 is 2.00 bits per heavy atom. The summed E-state index contributed by atoms with van der Waals surface area (Å²) >= 11 is 0. The van der Waals surface area contributed by atoms with Crippen molar-refractivity contribution in [3.63, 3.8) is 0 Å². The maximum atomic E-state index is 12.3. The van der Waals surface area contributed by atoms with Crippen molar-refractivity contribution in [2.75, 3.05) is 13.1 Å². The van der Waals surface area contributed by atoms with Crippen LogP contribution in [0.25, 0.3) is 0 Å². The topological polar surface area (TPSA) is 52.6 Å². The van der Waals surface area contributed by atoms with Crippen molar-refractivity contribution < 1.29 is 9.90 Å². The van der Waals surface area contributed by atoms with E-state index < -0.39 is 5.60 Å². The van der Waals surface area contributed by atoms with Gasteiger partial charge in [0.15, 0.2) is 0 Å². The van der Waals surface area contributed by atoms with Gasteiger partial charge in [0, 0.05) is 12.6 Å². The van der Waals surface area contributed by atoms with Crippen molar-refractivity contribution >= 4 is 6.03 Å². The monoisotopic (exact) mass is 270 g/mol. The van der Waals surface area contributed by atoms with Crippen LogP contribution >= 0.6 is 0 Å². The Hall–Kier alpha value is -0.770. The molecule has 112 valence electrons. The second kappa shape index (κ2) is 6.60. The second-order valence-electron chi connectivity index (χ2n) is 6.78. The van der Waals surface area contributed by atoms with Gasteiger partial charge < -0.3 is 15.3 Å². The van der Waals surface area contributed by atoms with Crippen LogP contribution in [0.4, 0.5) is 4.79 Å². The number of urea groups is 1. The number of nitrogens with one attached hydrogen (secondary N) is 1. The molecule has 0 heterocycles. The number of aliphatic hydroxyl groups is 1. The molecule has 0 aromatic carbocycles. The lowest BCUT2D eigenvalue weighted by atomic mass is 9.80. The number of rotatable bonds is 4. The third kappa shape index (κ3) is 5.39. The Labute approximate surface area is 117 Å². The number of hydrogen-bond acceptors (Lipinski definition) is 2. The second-order valence-corrected chi connectivity index (χ2v) is 6.78. The van der Waals surface area contributed by atoms with E-state index in [9.17, 15) is 9.90 Å². The normalized spacial score (nSPS) is 28.0. The Morgan fingerprint density at radius 1 is 1.37 bits per heavy atom. The molecule has 0 radical (unpaired) electrons. The highest BCUT2D eigenvalue weighted by atomic mass is 16.3. The van der Waals surface area contributed by atoms with Crippen LogP contribution in [0, 0.1) is 11.8 Å². The van der Waals surface area contributed by atoms with Crippen molar-refractivity contribution in [3.8, 4) is 0 Å². The largest absolute Gasteiger partial charge is 0.389 e. The highest BCUT2D eigenvalue weighted by Crippen LogP contribution is 2.28. The van der Waals surface area contributed by atoms with E-state index in [1.54, 1.807) is 18.7 Å². The summed E-state index contributed by atoms with van der Waals surface area (Å²) in [5, 5.41) is 13.0. The quantitative estimate of drug-likeness (QED) is 0.825. The summed E-state index contributed by atoms with van der Waals surface area (Å²) < 4.78 is 0. The SMILES string of the molecule is CCN(CC(C)(C)O)C(=O)NC1CCC(C)CC1C. The van der Waals surface area contributed by atoms with Gasteiger partial charge in [0.05, 0.1) is 12.1 Å². The smallest absolute Gasteiger partial charge is 0.317 e. The van der Waals surface area contributed by atoms with E-state index in [-0.39, 0.29) is 12.1 Å². The van der Waals surface area contributed by atoms with Crippen LogP contribution in [0.3, 0.4) is 0 Å². The molecule has 1 aliphatic carbocycles. The van der Waals surface area contributed by atoms with Gasteiger partial charge in [0.2, 0.25) is 0 Å². The highest BCUT2D eigenvalue weighted by Gasteiger charge is 2.28. The summed E-state index contributed by atoms with van der Waals surface area (Å²) in [4.78, 5) is 13.9. The summed E-state index contributed by atoms with van der Waals surface area (Å²) in [7, 11) is 0. The van der Waals surface area contributed by atoms with E-state index in [1.165, 1.54) is 12.8 Å². The van der Waals surface area contributed by atoms with Crippen LogP contribution in [-0.4, -0.2) is 40.8 Å². The fourth-order valence-corrected chi connectivity index (χ4v) is 2.92. The molecule has 1 aliphatic rings. The number of likely N-dealkylation sites (N-methyl/N-ethyl adjacent to an activating group) is 1. The zero-order valence-corrected chi connectivity index (χ0v) is 13.1. The molecule has 1 rings (SSSR count). The molecule has 2 N–H and O–H groups in total. The summed E-state index contributed by atoms with van der Waals surface area (Å²) in [6.07, 6.45) is 3.43. The summed E-state index contributed by atoms with van der Waals surface area (Å²) in [6, 6.07) is 0.232. The van der Waals surface area contributed by atoms with Crippen molar-refractivity contribution in [1.29, 1.82) is 0 Å². The molecule has 2 amide bonds. The van der Waals surface area contributed by atoms with E-state index in [0.717, 1.165) is 12.3 Å². The molecule has 4 heteroatoms. The van der Waals surface area contributed by atoms with Gasteiger partial charge in [0.1, 0.15) is 0 Å². The van der Waals surface area contributed by atoms with Gasteiger partial charge in [-0.1, -0.05) is 13.8 Å². The number of carbonyl (C=O) groups is 1. The average molecular weight is 270 g/mol. The fraction of sp³-hybridized carbons (Fsp3) is 0.933. The van der Waals surface area contributed by atoms with Gasteiger partial charge in [-0.2, -0.15) is 0 Å². The highest BCUT2D eigenvalue weighted by molar-refractivity contribution is 5.74. The van der Waals surface area contributed by atoms with E-state index in [1.807, 2.05) is 6.92 Å². The molecule has 1 saturated carbocycles. The number of hydrogen-bond donors (Lipinski definition) is 2. The fourth-order valence-electron chi connectivity index (χ4n) is 2.92. The molecule has 0 aromatic heterocycles. The standard InChI is InChI=1S/C15H30N2O2/c1-6-17(10-15(4,5)19)14(18)16-13-8-7-11(2)9-12(13)3/h11-13,19H,6-10H2,1-5H3,(H,16,18). The third-order valence-electron chi connectivity index (χ3n) is 3.99. The molecule has 0 aliphatic heterocycles. The van der Waals surface area contributed by atoms with E-state index in [4.69, 9.17) is 0 Å². The molecule has 0 spiro atoms. The maximum Gasteiger partial charge on any atom is 0.317 e. The lowest BCUT2D eigenvalue weighted by Gasteiger charge is -2.35. The zero-order valence-electron chi connectivity index (χ0n) is 13.1. The minimum Gasteiger partial charge on any atom is -0.389 e. The van der Waals surface area contributed by atoms with Gasteiger partial charge >= 0.3 is 6.03 Å². The first-order valence-electron chi connectivity index (χ1n) is 7.50. The summed E-state index contributed by atoms with van der Waals surface area (Å²) in [6.45, 7) is 10.9. The van der Waals surface area contributed by atoms with Crippen LogP contribution in [0.2, 0.25) is 0 Å². The number of amides is 2. The predicted molar refractivity (Wildman–Crippen MR) is 78.0 cm³/mol. The lowest BCUT2D eigenvalue weighted by molar-refractivity contribution is 0.0467. The predicted octanol–water partition coefficient (Wildman–Crippen LogP) is 2.61. The van der Waals surface area contributed by atoms with Gasteiger partial charge in [-0.25, -0.2) is 4.79 Å². The van der Waals surface area contributed by atoms with Crippen molar-refractivity contribution in [1.82, 2.24) is 10.2 Å². The maximum absolute atomic E-state index is 12.3. The third-order valence-corrected chi connectivity index (χ3v) is 3.99. The number of nitrogens with zero attached hydrogens (tertiary/aromatic N) is 1.